The SMILES string of the molecule is NC(=O)/C=C/c1ccc2c(c1)CCCC2NC(=O)c1cc(C(F)(F)F)cc(C(F)(F)F)c1. The van der Waals surface area contributed by atoms with Crippen LogP contribution in [0.25, 0.3) is 6.08 Å². The smallest absolute Gasteiger partial charge is 0.366 e. The molecule has 0 aliphatic heterocycles. The van der Waals surface area contributed by atoms with Gasteiger partial charge in [0.1, 0.15) is 0 Å². The average Bonchev–Trinajstić information content (AvgIpc) is 2.70. The Kier molecular flexibility index (Phi) is 6.34. The number of aryl methyl sites for hydroxylation is 1. The lowest BCUT2D eigenvalue weighted by Crippen LogP contribution is -2.31. The molecule has 1 unspecified atom stereocenters. The van der Waals surface area contributed by atoms with Crippen molar-refractivity contribution >= 4 is 17.9 Å². The van der Waals surface area contributed by atoms with Gasteiger partial charge in [-0.1, -0.05) is 18.2 Å². The van der Waals surface area contributed by atoms with Crippen LogP contribution in [0.4, 0.5) is 26.3 Å². The molecule has 2 aromatic carbocycles. The van der Waals surface area contributed by atoms with Crippen LogP contribution in [0.5, 0.6) is 0 Å². The number of alkyl halides is 6. The predicted molar refractivity (Wildman–Crippen MR) is 104 cm³/mol. The van der Waals surface area contributed by atoms with Gasteiger partial charge < -0.3 is 11.1 Å². The Balaban J connectivity index is 1.89. The van der Waals surface area contributed by atoms with Crippen LogP contribution in [0, 0.1) is 0 Å². The molecule has 1 atom stereocenters. The van der Waals surface area contributed by atoms with Crippen LogP contribution in [0.1, 0.15) is 57.1 Å². The maximum atomic E-state index is 13.1. The third-order valence-electron chi connectivity index (χ3n) is 5.08. The van der Waals surface area contributed by atoms with Gasteiger partial charge in [-0.2, -0.15) is 26.3 Å². The van der Waals surface area contributed by atoms with Gasteiger partial charge in [0.05, 0.1) is 17.2 Å². The molecule has 0 saturated carbocycles. The third kappa shape index (κ3) is 5.49. The number of amides is 2. The maximum absolute atomic E-state index is 13.1. The molecule has 0 radical (unpaired) electrons. The van der Waals surface area contributed by atoms with E-state index in [1.807, 2.05) is 0 Å². The summed E-state index contributed by atoms with van der Waals surface area (Å²) >= 11 is 0. The Morgan fingerprint density at radius 3 is 2.16 bits per heavy atom. The van der Waals surface area contributed by atoms with Gasteiger partial charge in [0.25, 0.3) is 5.91 Å². The van der Waals surface area contributed by atoms with Crippen molar-refractivity contribution in [3.8, 4) is 0 Å². The summed E-state index contributed by atoms with van der Waals surface area (Å²) < 4.78 is 78.4. The van der Waals surface area contributed by atoms with E-state index in [0.29, 0.717) is 42.5 Å². The molecule has 32 heavy (non-hydrogen) atoms. The van der Waals surface area contributed by atoms with Gasteiger partial charge in [-0.25, -0.2) is 0 Å². The molecule has 0 fully saturated rings. The molecule has 4 nitrogen and oxygen atoms in total. The second-order valence-corrected chi connectivity index (χ2v) is 7.41. The van der Waals surface area contributed by atoms with Crippen LogP contribution in [0.3, 0.4) is 0 Å². The van der Waals surface area contributed by atoms with Gasteiger partial charge >= 0.3 is 12.4 Å². The Morgan fingerprint density at radius 1 is 0.969 bits per heavy atom. The second kappa shape index (κ2) is 8.68. The van der Waals surface area contributed by atoms with Gasteiger partial charge in [-0.3, -0.25) is 9.59 Å². The van der Waals surface area contributed by atoms with Crippen molar-refractivity contribution in [3.63, 3.8) is 0 Å². The molecule has 0 saturated heterocycles. The molecule has 3 N–H and O–H groups in total. The van der Waals surface area contributed by atoms with E-state index in [2.05, 4.69) is 5.32 Å². The molecule has 10 heteroatoms. The summed E-state index contributed by atoms with van der Waals surface area (Å²) in [4.78, 5) is 23.5. The summed E-state index contributed by atoms with van der Waals surface area (Å²) in [6.07, 6.45) is -5.58. The zero-order chi connectivity index (χ0) is 23.7. The summed E-state index contributed by atoms with van der Waals surface area (Å²) in [7, 11) is 0. The first-order valence-corrected chi connectivity index (χ1v) is 9.55. The molecule has 170 valence electrons. The fraction of sp³-hybridized carbons (Fsp3) is 0.273. The van der Waals surface area contributed by atoms with Crippen LogP contribution < -0.4 is 11.1 Å². The minimum Gasteiger partial charge on any atom is -0.366 e. The van der Waals surface area contributed by atoms with Gasteiger partial charge in [0.15, 0.2) is 0 Å². The zero-order valence-electron chi connectivity index (χ0n) is 16.5. The monoisotopic (exact) mass is 456 g/mol. The van der Waals surface area contributed by atoms with Crippen molar-refractivity contribution in [1.82, 2.24) is 5.32 Å². The van der Waals surface area contributed by atoms with Crippen LogP contribution in [-0.4, -0.2) is 11.8 Å². The van der Waals surface area contributed by atoms with E-state index < -0.39 is 46.9 Å². The van der Waals surface area contributed by atoms with E-state index >= 15 is 0 Å². The lowest BCUT2D eigenvalue weighted by Gasteiger charge is -2.27. The summed E-state index contributed by atoms with van der Waals surface area (Å²) in [5.74, 6) is -1.65. The number of nitrogens with two attached hydrogens (primary N) is 1. The number of hydrogen-bond donors (Lipinski definition) is 2. The number of carbonyl (C=O) groups is 2. The van der Waals surface area contributed by atoms with Gasteiger partial charge in [0.2, 0.25) is 5.91 Å². The molecule has 0 heterocycles. The second-order valence-electron chi connectivity index (χ2n) is 7.41. The first-order valence-electron chi connectivity index (χ1n) is 9.55. The maximum Gasteiger partial charge on any atom is 0.416 e. The van der Waals surface area contributed by atoms with Gasteiger partial charge in [-0.15, -0.1) is 0 Å². The number of carbonyl (C=O) groups excluding carboxylic acids is 2. The summed E-state index contributed by atoms with van der Waals surface area (Å²) in [6, 6.07) is 5.39. The average molecular weight is 456 g/mol. The summed E-state index contributed by atoms with van der Waals surface area (Å²) in [6.45, 7) is 0. The largest absolute Gasteiger partial charge is 0.416 e. The molecule has 2 amide bonds. The van der Waals surface area contributed by atoms with E-state index in [-0.39, 0.29) is 6.07 Å². The zero-order valence-corrected chi connectivity index (χ0v) is 16.5. The third-order valence-corrected chi connectivity index (χ3v) is 5.08. The molecular weight excluding hydrogens is 438 g/mol. The molecule has 3 rings (SSSR count). The van der Waals surface area contributed by atoms with Gasteiger partial charge in [0, 0.05) is 11.6 Å². The Hall–Kier alpha value is -3.30. The quantitative estimate of drug-likeness (QED) is 0.501. The number of primary amides is 1. The fourth-order valence-electron chi connectivity index (χ4n) is 3.59. The molecule has 2 aromatic rings. The van der Waals surface area contributed by atoms with Gasteiger partial charge in [-0.05, 0) is 60.2 Å². The van der Waals surface area contributed by atoms with Crippen LogP contribution >= 0.6 is 0 Å². The lowest BCUT2D eigenvalue weighted by atomic mass is 9.86. The van der Waals surface area contributed by atoms with Crippen LogP contribution in [0.2, 0.25) is 0 Å². The Morgan fingerprint density at radius 2 is 1.59 bits per heavy atom. The Labute approximate surface area is 179 Å². The summed E-state index contributed by atoms with van der Waals surface area (Å²) in [5.41, 5.74) is 3.51. The minimum absolute atomic E-state index is 0.0200. The predicted octanol–water partition coefficient (Wildman–Crippen LogP) is 5.03. The first-order chi connectivity index (χ1) is 14.8. The van der Waals surface area contributed by atoms with Crippen molar-refractivity contribution in [1.29, 1.82) is 0 Å². The normalized spacial score (nSPS) is 16.6. The fourth-order valence-corrected chi connectivity index (χ4v) is 3.59. The Bertz CT molecular complexity index is 1040. The highest BCUT2D eigenvalue weighted by atomic mass is 19.4. The standard InChI is InChI=1S/C22H18F6N2O2/c23-21(24,25)15-9-14(10-16(11-15)22(26,27)28)20(32)30-18-3-1-2-13-8-12(4-6-17(13)18)5-7-19(29)31/h4-11,18H,1-3H2,(H2,29,31)(H,30,32)/b7-5+. The highest BCUT2D eigenvalue weighted by Crippen LogP contribution is 2.37. The number of rotatable bonds is 4. The lowest BCUT2D eigenvalue weighted by molar-refractivity contribution is -0.143. The van der Waals surface area contributed by atoms with E-state index in [0.717, 1.165) is 5.56 Å². The highest BCUT2D eigenvalue weighted by Gasteiger charge is 2.37. The number of halogens is 6. The molecule has 1 aliphatic rings. The van der Waals surface area contributed by atoms with E-state index in [4.69, 9.17) is 5.73 Å². The van der Waals surface area contributed by atoms with Crippen molar-refractivity contribution in [2.45, 2.75) is 37.7 Å². The molecular formula is C22H18F6N2O2. The van der Waals surface area contributed by atoms with E-state index in [9.17, 15) is 35.9 Å². The van der Waals surface area contributed by atoms with Crippen molar-refractivity contribution < 1.29 is 35.9 Å². The highest BCUT2D eigenvalue weighted by molar-refractivity contribution is 5.95. The minimum atomic E-state index is -5.04. The molecule has 1 aliphatic carbocycles. The van der Waals surface area contributed by atoms with Crippen molar-refractivity contribution in [2.24, 2.45) is 5.73 Å². The van der Waals surface area contributed by atoms with E-state index in [1.54, 1.807) is 18.2 Å². The molecule has 0 spiro atoms. The number of nitrogens with one attached hydrogen (secondary N) is 1. The topological polar surface area (TPSA) is 72.2 Å². The first kappa shape index (κ1) is 23.4. The van der Waals surface area contributed by atoms with Crippen LogP contribution in [-0.2, 0) is 23.6 Å². The number of hydrogen-bond acceptors (Lipinski definition) is 2. The number of fused-ring (bicyclic) bond motifs is 1. The number of benzene rings is 2. The van der Waals surface area contributed by atoms with Crippen LogP contribution in [0.15, 0.2) is 42.5 Å². The van der Waals surface area contributed by atoms with Crippen molar-refractivity contribution in [3.05, 3.63) is 75.9 Å². The summed E-state index contributed by atoms with van der Waals surface area (Å²) in [5, 5.41) is 2.55. The molecule has 0 aromatic heterocycles. The van der Waals surface area contributed by atoms with E-state index in [1.165, 1.54) is 12.2 Å². The van der Waals surface area contributed by atoms with Crippen molar-refractivity contribution in [2.75, 3.05) is 0 Å². The molecule has 0 bridgehead atoms.